The van der Waals surface area contributed by atoms with E-state index in [4.69, 9.17) is 0 Å². The average molecular weight is 395 g/mol. The molecular formula is C20H22N6OS. The number of benzene rings is 1. The van der Waals surface area contributed by atoms with Gasteiger partial charge in [0.1, 0.15) is 6.07 Å². The zero-order valence-corrected chi connectivity index (χ0v) is 17.1. The monoisotopic (exact) mass is 394 g/mol. The number of anilines is 3. The molecular weight excluding hydrogens is 372 g/mol. The summed E-state index contributed by atoms with van der Waals surface area (Å²) < 4.78 is 8.65. The molecule has 0 bridgehead atoms. The first-order valence-electron chi connectivity index (χ1n) is 8.88. The third-order valence-corrected chi connectivity index (χ3v) is 5.07. The number of amides is 1. The van der Waals surface area contributed by atoms with Gasteiger partial charge in [-0.25, -0.2) is 0 Å². The number of carbonyl (C=O) groups excluding carboxylic acids is 1. The molecule has 0 radical (unpaired) electrons. The molecule has 2 aromatic rings. The third-order valence-electron chi connectivity index (χ3n) is 4.54. The van der Waals surface area contributed by atoms with Gasteiger partial charge in [0.25, 0.3) is 5.91 Å². The van der Waals surface area contributed by atoms with Crippen LogP contribution in [0.1, 0.15) is 36.2 Å². The van der Waals surface area contributed by atoms with Gasteiger partial charge in [-0.3, -0.25) is 4.79 Å². The lowest BCUT2D eigenvalue weighted by Crippen LogP contribution is -2.23. The van der Waals surface area contributed by atoms with E-state index in [1.54, 1.807) is 32.3 Å². The smallest absolute Gasteiger partial charge is 0.254 e. The van der Waals surface area contributed by atoms with Crippen molar-refractivity contribution in [2.75, 3.05) is 24.7 Å². The van der Waals surface area contributed by atoms with Crippen molar-refractivity contribution in [3.8, 4) is 6.07 Å². The van der Waals surface area contributed by atoms with Gasteiger partial charge in [0.15, 0.2) is 11.6 Å². The molecule has 144 valence electrons. The Morgan fingerprint density at radius 3 is 2.71 bits per heavy atom. The van der Waals surface area contributed by atoms with Crippen LogP contribution in [0.2, 0.25) is 0 Å². The molecule has 0 saturated heterocycles. The maximum absolute atomic E-state index is 12.4. The van der Waals surface area contributed by atoms with Crippen molar-refractivity contribution >= 4 is 35.0 Å². The topological polar surface area (TPSA) is 93.9 Å². The van der Waals surface area contributed by atoms with E-state index < -0.39 is 0 Å². The maximum atomic E-state index is 12.4. The SMILES string of the molecule is CC1=CCC([C@@H](C)Nc2nsnc2Nc2cccc(C(=O)N(C)C)c2C#N)=C1. The zero-order chi connectivity index (χ0) is 20.3. The lowest BCUT2D eigenvalue weighted by Gasteiger charge is -2.17. The lowest BCUT2D eigenvalue weighted by atomic mass is 10.1. The van der Waals surface area contributed by atoms with Crippen molar-refractivity contribution in [2.45, 2.75) is 26.3 Å². The highest BCUT2D eigenvalue weighted by Crippen LogP contribution is 2.29. The molecule has 1 atom stereocenters. The van der Waals surface area contributed by atoms with Gasteiger partial charge in [-0.05, 0) is 38.0 Å². The van der Waals surface area contributed by atoms with E-state index in [1.807, 2.05) is 0 Å². The molecule has 0 fully saturated rings. The van der Waals surface area contributed by atoms with Gasteiger partial charge in [0.2, 0.25) is 0 Å². The van der Waals surface area contributed by atoms with Crippen LogP contribution in [0.5, 0.6) is 0 Å². The number of nitriles is 1. The van der Waals surface area contributed by atoms with Gasteiger partial charge in [0, 0.05) is 20.1 Å². The molecule has 0 unspecified atom stereocenters. The van der Waals surface area contributed by atoms with Crippen LogP contribution in [0.25, 0.3) is 0 Å². The van der Waals surface area contributed by atoms with E-state index in [2.05, 4.69) is 51.4 Å². The van der Waals surface area contributed by atoms with E-state index in [0.29, 0.717) is 22.9 Å². The maximum Gasteiger partial charge on any atom is 0.254 e. The van der Waals surface area contributed by atoms with Gasteiger partial charge in [-0.1, -0.05) is 23.8 Å². The summed E-state index contributed by atoms with van der Waals surface area (Å²) in [5.41, 5.74) is 3.70. The summed E-state index contributed by atoms with van der Waals surface area (Å²) in [5, 5.41) is 16.2. The summed E-state index contributed by atoms with van der Waals surface area (Å²) in [6, 6.07) is 7.38. The lowest BCUT2D eigenvalue weighted by molar-refractivity contribution is 0.0827. The molecule has 3 rings (SSSR count). The molecule has 28 heavy (non-hydrogen) atoms. The highest BCUT2D eigenvalue weighted by Gasteiger charge is 2.19. The first-order chi connectivity index (χ1) is 13.4. The molecule has 1 amide bonds. The minimum absolute atomic E-state index is 0.107. The van der Waals surface area contributed by atoms with Gasteiger partial charge in [-0.2, -0.15) is 14.0 Å². The molecule has 1 aliphatic rings. The standard InChI is InChI=1S/C20H22N6OS/c1-12-8-9-14(10-12)13(2)22-18-19(25-28-24-18)23-17-7-5-6-15(16(17)11-21)20(27)26(3)4/h5-8,10,13H,9H2,1-4H3,(H,22,24)(H,23,25)/t13-/m1/s1. The number of hydrogen-bond acceptors (Lipinski definition) is 7. The van der Waals surface area contributed by atoms with Crippen LogP contribution < -0.4 is 10.6 Å². The molecule has 1 aromatic carbocycles. The second-order valence-corrected chi connectivity index (χ2v) is 7.39. The fourth-order valence-corrected chi connectivity index (χ4v) is 3.45. The summed E-state index contributed by atoms with van der Waals surface area (Å²) in [5.74, 6) is 0.932. The van der Waals surface area contributed by atoms with Gasteiger partial charge >= 0.3 is 0 Å². The molecule has 1 heterocycles. The van der Waals surface area contributed by atoms with Crippen molar-refractivity contribution in [1.29, 1.82) is 5.26 Å². The fraction of sp³-hybridized carbons (Fsp3) is 0.300. The van der Waals surface area contributed by atoms with Crippen LogP contribution in [-0.2, 0) is 0 Å². The van der Waals surface area contributed by atoms with Crippen LogP contribution in [0.3, 0.4) is 0 Å². The normalized spacial score (nSPS) is 14.0. The quantitative estimate of drug-likeness (QED) is 0.771. The van der Waals surface area contributed by atoms with Gasteiger partial charge < -0.3 is 15.5 Å². The molecule has 8 heteroatoms. The highest BCUT2D eigenvalue weighted by molar-refractivity contribution is 6.99. The Labute approximate surface area is 168 Å². The van der Waals surface area contributed by atoms with Crippen molar-refractivity contribution in [3.63, 3.8) is 0 Å². The fourth-order valence-electron chi connectivity index (χ4n) is 2.98. The predicted molar refractivity (Wildman–Crippen MR) is 112 cm³/mol. The van der Waals surface area contributed by atoms with E-state index in [1.165, 1.54) is 16.0 Å². The minimum atomic E-state index is -0.223. The summed E-state index contributed by atoms with van der Waals surface area (Å²) in [6.45, 7) is 4.17. The first kappa shape index (κ1) is 19.6. The number of carbonyl (C=O) groups is 1. The van der Waals surface area contributed by atoms with Crippen LogP contribution in [0.4, 0.5) is 17.3 Å². The van der Waals surface area contributed by atoms with E-state index in [-0.39, 0.29) is 17.5 Å². The number of aromatic nitrogens is 2. The summed E-state index contributed by atoms with van der Waals surface area (Å²) >= 11 is 1.08. The molecule has 7 nitrogen and oxygen atoms in total. The number of rotatable bonds is 6. The Hall–Kier alpha value is -3.18. The highest BCUT2D eigenvalue weighted by atomic mass is 32.1. The van der Waals surface area contributed by atoms with E-state index >= 15 is 0 Å². The van der Waals surface area contributed by atoms with Crippen molar-refractivity contribution in [3.05, 3.63) is 52.6 Å². The van der Waals surface area contributed by atoms with Crippen molar-refractivity contribution in [2.24, 2.45) is 0 Å². The second-order valence-electron chi connectivity index (χ2n) is 6.86. The van der Waals surface area contributed by atoms with Crippen molar-refractivity contribution in [1.82, 2.24) is 13.6 Å². The Kier molecular flexibility index (Phi) is 5.76. The van der Waals surface area contributed by atoms with E-state index in [9.17, 15) is 10.1 Å². The summed E-state index contributed by atoms with van der Waals surface area (Å²) in [6.07, 6.45) is 5.29. The number of nitrogens with zero attached hydrogens (tertiary/aromatic N) is 4. The number of allylic oxidation sites excluding steroid dienone is 3. The molecule has 0 spiro atoms. The van der Waals surface area contributed by atoms with Crippen LogP contribution >= 0.6 is 11.7 Å². The Bertz CT molecular complexity index is 998. The number of hydrogen-bond donors (Lipinski definition) is 2. The third kappa shape index (κ3) is 4.05. The molecule has 1 aromatic heterocycles. The molecule has 2 N–H and O–H groups in total. The van der Waals surface area contributed by atoms with Crippen LogP contribution in [0.15, 0.2) is 41.5 Å². The average Bonchev–Trinajstić information content (AvgIpc) is 3.30. The van der Waals surface area contributed by atoms with Crippen LogP contribution in [0, 0.1) is 11.3 Å². The van der Waals surface area contributed by atoms with Crippen molar-refractivity contribution < 1.29 is 4.79 Å². The van der Waals surface area contributed by atoms with Gasteiger partial charge in [0.05, 0.1) is 28.5 Å². The van der Waals surface area contributed by atoms with Gasteiger partial charge in [-0.15, -0.1) is 0 Å². The zero-order valence-electron chi connectivity index (χ0n) is 16.3. The Morgan fingerprint density at radius 2 is 2.07 bits per heavy atom. The molecule has 0 saturated carbocycles. The Morgan fingerprint density at radius 1 is 1.32 bits per heavy atom. The molecule has 1 aliphatic carbocycles. The Balaban J connectivity index is 1.83. The first-order valence-corrected chi connectivity index (χ1v) is 9.61. The predicted octanol–water partition coefficient (Wildman–Crippen LogP) is 3.93. The van der Waals surface area contributed by atoms with E-state index in [0.717, 1.165) is 18.1 Å². The minimum Gasteiger partial charge on any atom is -0.360 e. The summed E-state index contributed by atoms with van der Waals surface area (Å²) in [4.78, 5) is 13.8. The summed E-state index contributed by atoms with van der Waals surface area (Å²) in [7, 11) is 3.32. The number of nitrogens with one attached hydrogen (secondary N) is 2. The second kappa shape index (κ2) is 8.23. The largest absolute Gasteiger partial charge is 0.360 e. The van der Waals surface area contributed by atoms with Crippen LogP contribution in [-0.4, -0.2) is 39.7 Å². The molecule has 0 aliphatic heterocycles.